The number of rotatable bonds is 2. The van der Waals surface area contributed by atoms with Gasteiger partial charge in [0, 0.05) is 11.6 Å². The first-order valence-electron chi connectivity index (χ1n) is 6.74. The molecule has 0 spiro atoms. The van der Waals surface area contributed by atoms with Gasteiger partial charge in [-0.3, -0.25) is 4.40 Å². The van der Waals surface area contributed by atoms with Gasteiger partial charge in [0.2, 0.25) is 0 Å². The van der Waals surface area contributed by atoms with E-state index in [0.29, 0.717) is 0 Å². The minimum atomic E-state index is 0.936. The maximum absolute atomic E-state index is 4.80. The molecular formula is C17H13N3S. The molecule has 0 saturated heterocycles. The summed E-state index contributed by atoms with van der Waals surface area (Å²) in [4.78, 5) is 9.52. The molecule has 4 rings (SSSR count). The molecule has 0 aliphatic rings. The van der Waals surface area contributed by atoms with Crippen LogP contribution in [0.5, 0.6) is 0 Å². The highest BCUT2D eigenvalue weighted by molar-refractivity contribution is 7.98. The van der Waals surface area contributed by atoms with Gasteiger partial charge >= 0.3 is 0 Å². The number of benzene rings is 2. The molecule has 21 heavy (non-hydrogen) atoms. The zero-order chi connectivity index (χ0) is 14.2. The van der Waals surface area contributed by atoms with Gasteiger partial charge in [-0.25, -0.2) is 9.97 Å². The minimum Gasteiger partial charge on any atom is -0.276 e. The number of thioether (sulfide) groups is 1. The highest BCUT2D eigenvalue weighted by Crippen LogP contribution is 2.27. The molecule has 2 aromatic carbocycles. The van der Waals surface area contributed by atoms with Crippen LogP contribution in [0.4, 0.5) is 0 Å². The Morgan fingerprint density at radius 1 is 0.905 bits per heavy atom. The van der Waals surface area contributed by atoms with Gasteiger partial charge in [0.25, 0.3) is 0 Å². The number of para-hydroxylation sites is 2. The maximum atomic E-state index is 4.80. The van der Waals surface area contributed by atoms with E-state index in [1.54, 1.807) is 11.8 Å². The second-order valence-corrected chi connectivity index (χ2v) is 5.61. The predicted octanol–water partition coefficient (Wildman–Crippen LogP) is 4.27. The topological polar surface area (TPSA) is 30.2 Å². The van der Waals surface area contributed by atoms with Crippen LogP contribution in [-0.4, -0.2) is 20.6 Å². The Bertz CT molecular complexity index is 929. The molecule has 0 fully saturated rings. The smallest absolute Gasteiger partial charge is 0.147 e. The fourth-order valence-corrected chi connectivity index (χ4v) is 2.95. The van der Waals surface area contributed by atoms with Gasteiger partial charge in [-0.15, -0.1) is 11.8 Å². The number of aromatic nitrogens is 3. The third-order valence-electron chi connectivity index (χ3n) is 3.51. The number of nitrogens with zero attached hydrogens (tertiary/aromatic N) is 3. The molecule has 0 amide bonds. The highest BCUT2D eigenvalue weighted by atomic mass is 32.2. The number of imidazole rings is 1. The predicted molar refractivity (Wildman–Crippen MR) is 87.7 cm³/mol. The van der Waals surface area contributed by atoms with Crippen molar-refractivity contribution in [2.45, 2.75) is 5.03 Å². The van der Waals surface area contributed by atoms with Crippen LogP contribution < -0.4 is 0 Å². The Morgan fingerprint density at radius 3 is 2.48 bits per heavy atom. The summed E-state index contributed by atoms with van der Waals surface area (Å²) in [5.74, 6) is 0.936. The summed E-state index contributed by atoms with van der Waals surface area (Å²) in [6.07, 6.45) is 2.04. The van der Waals surface area contributed by atoms with E-state index in [4.69, 9.17) is 9.97 Å². The zero-order valence-corrected chi connectivity index (χ0v) is 12.3. The molecule has 0 aliphatic heterocycles. The summed E-state index contributed by atoms with van der Waals surface area (Å²) in [5.41, 5.74) is 4.12. The maximum Gasteiger partial charge on any atom is 0.147 e. The van der Waals surface area contributed by atoms with Gasteiger partial charge in [0.05, 0.1) is 11.0 Å². The largest absolute Gasteiger partial charge is 0.276 e. The van der Waals surface area contributed by atoms with Gasteiger partial charge in [-0.2, -0.15) is 0 Å². The lowest BCUT2D eigenvalue weighted by molar-refractivity contribution is 1.04. The summed E-state index contributed by atoms with van der Waals surface area (Å²) in [5, 5.41) is 0.983. The number of hydrogen-bond acceptors (Lipinski definition) is 3. The van der Waals surface area contributed by atoms with E-state index in [-0.39, 0.29) is 0 Å². The van der Waals surface area contributed by atoms with Crippen LogP contribution >= 0.6 is 11.8 Å². The Balaban J connectivity index is 2.16. The van der Waals surface area contributed by atoms with Crippen LogP contribution in [0.2, 0.25) is 0 Å². The Labute approximate surface area is 126 Å². The van der Waals surface area contributed by atoms with E-state index in [0.717, 1.165) is 33.1 Å². The molecular weight excluding hydrogens is 278 g/mol. The molecule has 0 aliphatic carbocycles. The van der Waals surface area contributed by atoms with Crippen molar-refractivity contribution in [3.05, 3.63) is 60.7 Å². The molecule has 0 N–H and O–H groups in total. The van der Waals surface area contributed by atoms with Crippen molar-refractivity contribution in [3.63, 3.8) is 0 Å². The quantitative estimate of drug-likeness (QED) is 0.408. The van der Waals surface area contributed by atoms with Gasteiger partial charge in [-0.05, 0) is 18.4 Å². The van der Waals surface area contributed by atoms with Crippen molar-refractivity contribution >= 4 is 28.4 Å². The Morgan fingerprint density at radius 2 is 1.67 bits per heavy atom. The standard InChI is InChI=1S/C17H13N3S/c1-21-16-11-15-18-13-9-5-6-10-14(13)20(15)17(19-16)12-7-3-2-4-8-12/h2-11H,1H3. The van der Waals surface area contributed by atoms with E-state index in [1.165, 1.54) is 0 Å². The summed E-state index contributed by atoms with van der Waals surface area (Å²) in [6, 6.07) is 20.5. The van der Waals surface area contributed by atoms with E-state index >= 15 is 0 Å². The van der Waals surface area contributed by atoms with Crippen molar-refractivity contribution in [3.8, 4) is 11.4 Å². The monoisotopic (exact) mass is 291 g/mol. The van der Waals surface area contributed by atoms with Gasteiger partial charge in [0.15, 0.2) is 0 Å². The van der Waals surface area contributed by atoms with Crippen LogP contribution in [0, 0.1) is 0 Å². The van der Waals surface area contributed by atoms with Gasteiger partial charge in [0.1, 0.15) is 16.5 Å². The zero-order valence-electron chi connectivity index (χ0n) is 11.5. The summed E-state index contributed by atoms with van der Waals surface area (Å²) in [6.45, 7) is 0. The van der Waals surface area contributed by atoms with Crippen LogP contribution in [0.3, 0.4) is 0 Å². The SMILES string of the molecule is CSc1cc2nc3ccccc3n2c(-c2ccccc2)n1. The Kier molecular flexibility index (Phi) is 2.89. The highest BCUT2D eigenvalue weighted by Gasteiger charge is 2.12. The second kappa shape index (κ2) is 4.90. The van der Waals surface area contributed by atoms with Crippen LogP contribution in [-0.2, 0) is 0 Å². The van der Waals surface area contributed by atoms with Crippen LogP contribution in [0.15, 0.2) is 65.7 Å². The molecule has 0 saturated carbocycles. The average molecular weight is 291 g/mol. The average Bonchev–Trinajstić information content (AvgIpc) is 2.93. The van der Waals surface area contributed by atoms with Gasteiger partial charge in [-0.1, -0.05) is 42.5 Å². The lowest BCUT2D eigenvalue weighted by atomic mass is 10.2. The fraction of sp³-hybridized carbons (Fsp3) is 0.0588. The normalized spacial score (nSPS) is 11.3. The minimum absolute atomic E-state index is 0.936. The van der Waals surface area contributed by atoms with Crippen molar-refractivity contribution in [2.24, 2.45) is 0 Å². The van der Waals surface area contributed by atoms with Crippen molar-refractivity contribution in [1.29, 1.82) is 0 Å². The van der Waals surface area contributed by atoms with E-state index < -0.39 is 0 Å². The lowest BCUT2D eigenvalue weighted by Gasteiger charge is -2.07. The first-order chi connectivity index (χ1) is 10.4. The molecule has 0 atom stereocenters. The Hall–Kier alpha value is -2.33. The molecule has 0 unspecified atom stereocenters. The van der Waals surface area contributed by atoms with E-state index in [1.807, 2.05) is 48.7 Å². The first-order valence-corrected chi connectivity index (χ1v) is 7.97. The third kappa shape index (κ3) is 1.99. The summed E-state index contributed by atoms with van der Waals surface area (Å²) < 4.78 is 2.13. The molecule has 102 valence electrons. The molecule has 0 radical (unpaired) electrons. The molecule has 2 heterocycles. The first kappa shape index (κ1) is 12.4. The third-order valence-corrected chi connectivity index (χ3v) is 4.14. The van der Waals surface area contributed by atoms with Crippen molar-refractivity contribution < 1.29 is 0 Å². The second-order valence-electron chi connectivity index (χ2n) is 4.78. The number of hydrogen-bond donors (Lipinski definition) is 0. The molecule has 4 aromatic rings. The van der Waals surface area contributed by atoms with E-state index in [9.17, 15) is 0 Å². The van der Waals surface area contributed by atoms with Crippen molar-refractivity contribution in [2.75, 3.05) is 6.26 Å². The lowest BCUT2D eigenvalue weighted by Crippen LogP contribution is -1.97. The van der Waals surface area contributed by atoms with Crippen LogP contribution in [0.25, 0.3) is 28.1 Å². The summed E-state index contributed by atoms with van der Waals surface area (Å²) >= 11 is 1.64. The van der Waals surface area contributed by atoms with E-state index in [2.05, 4.69) is 22.6 Å². The van der Waals surface area contributed by atoms with Crippen LogP contribution in [0.1, 0.15) is 0 Å². The van der Waals surface area contributed by atoms with Crippen molar-refractivity contribution in [1.82, 2.24) is 14.4 Å². The molecule has 2 aromatic heterocycles. The summed E-state index contributed by atoms with van der Waals surface area (Å²) in [7, 11) is 0. The van der Waals surface area contributed by atoms with Gasteiger partial charge < -0.3 is 0 Å². The fourth-order valence-electron chi connectivity index (χ4n) is 2.55. The number of fused-ring (bicyclic) bond motifs is 3. The molecule has 4 heteroatoms. The molecule has 0 bridgehead atoms. The molecule has 3 nitrogen and oxygen atoms in total.